The van der Waals surface area contributed by atoms with Gasteiger partial charge in [-0.15, -0.1) is 6.58 Å². The number of para-hydroxylation sites is 1. The van der Waals surface area contributed by atoms with E-state index in [9.17, 15) is 19.2 Å². The van der Waals surface area contributed by atoms with E-state index in [-0.39, 0.29) is 56.4 Å². The maximum absolute atomic E-state index is 14.3. The Labute approximate surface area is 292 Å². The zero-order valence-electron chi connectivity index (χ0n) is 27.4. The zero-order chi connectivity index (χ0) is 34.9. The minimum Gasteiger partial charge on any atom is -0.375 e. The summed E-state index contributed by atoms with van der Waals surface area (Å²) >= 11 is 1.38. The molecule has 2 fully saturated rings. The summed E-state index contributed by atoms with van der Waals surface area (Å²) in [5, 5.41) is 11.1. The molecule has 50 heavy (non-hydrogen) atoms. The molecule has 254 valence electrons. The number of anilines is 2. The number of nitrogens with one attached hydrogen (secondary N) is 2. The summed E-state index contributed by atoms with van der Waals surface area (Å²) in [5.74, 6) is -0.685. The molecule has 2 atom stereocenters. The molecule has 5 amide bonds. The fourth-order valence-corrected chi connectivity index (χ4v) is 7.65. The second-order valence-corrected chi connectivity index (χ2v) is 13.3. The van der Waals surface area contributed by atoms with E-state index in [0.29, 0.717) is 16.4 Å². The number of rotatable bonds is 9. The Morgan fingerprint density at radius 3 is 2.58 bits per heavy atom. The van der Waals surface area contributed by atoms with E-state index < -0.39 is 12.2 Å². The van der Waals surface area contributed by atoms with Crippen LogP contribution < -0.4 is 16.4 Å². The smallest absolute Gasteiger partial charge is 0.332 e. The van der Waals surface area contributed by atoms with Crippen LogP contribution in [-0.2, 0) is 22.6 Å². The number of fused-ring (bicyclic) bond motifs is 3. The minimum atomic E-state index is -0.836. The van der Waals surface area contributed by atoms with Gasteiger partial charge in [-0.1, -0.05) is 78.1 Å². The highest BCUT2D eigenvalue weighted by atomic mass is 32.1. The molecule has 2 aliphatic rings. The lowest BCUT2D eigenvalue weighted by Gasteiger charge is -2.46. The van der Waals surface area contributed by atoms with Crippen molar-refractivity contribution >= 4 is 66.9 Å². The van der Waals surface area contributed by atoms with E-state index in [2.05, 4.69) is 22.2 Å². The van der Waals surface area contributed by atoms with E-state index in [4.69, 9.17) is 5.73 Å². The lowest BCUT2D eigenvalue weighted by molar-refractivity contribution is -0.157. The van der Waals surface area contributed by atoms with Gasteiger partial charge in [-0.2, -0.15) is 5.01 Å². The number of nitrogens with two attached hydrogens (primary N) is 1. The molecule has 2 saturated heterocycles. The first-order valence-corrected chi connectivity index (χ1v) is 17.1. The van der Waals surface area contributed by atoms with Crippen molar-refractivity contribution in [3.8, 4) is 0 Å². The summed E-state index contributed by atoms with van der Waals surface area (Å²) in [4.78, 5) is 62.1. The first-order chi connectivity index (χ1) is 24.2. The Hall–Kier alpha value is -5.79. The molecule has 13 heteroatoms. The first kappa shape index (κ1) is 32.7. The lowest BCUT2D eigenvalue weighted by Crippen LogP contribution is -2.65. The molecule has 0 aliphatic carbocycles. The predicted molar refractivity (Wildman–Crippen MR) is 194 cm³/mol. The highest BCUT2D eigenvalue weighted by Gasteiger charge is 2.52. The Bertz CT molecular complexity index is 2130. The molecule has 0 saturated carbocycles. The van der Waals surface area contributed by atoms with Crippen LogP contribution in [0.5, 0.6) is 0 Å². The molecule has 5 aromatic rings. The molecule has 0 spiro atoms. The van der Waals surface area contributed by atoms with Gasteiger partial charge in [0.1, 0.15) is 12.2 Å². The van der Waals surface area contributed by atoms with Crippen molar-refractivity contribution in [1.29, 1.82) is 0 Å². The number of hydrazine groups is 1. The molecular weight excluding hydrogens is 653 g/mol. The van der Waals surface area contributed by atoms with Crippen molar-refractivity contribution in [2.45, 2.75) is 25.2 Å². The van der Waals surface area contributed by atoms with Gasteiger partial charge in [0.15, 0.2) is 5.13 Å². The van der Waals surface area contributed by atoms with E-state index in [0.717, 1.165) is 32.1 Å². The average molecular weight is 689 g/mol. The summed E-state index contributed by atoms with van der Waals surface area (Å²) in [7, 11) is 1.53. The highest BCUT2D eigenvalue weighted by molar-refractivity contribution is 7.22. The molecule has 2 aliphatic heterocycles. The van der Waals surface area contributed by atoms with Gasteiger partial charge in [-0.25, -0.2) is 9.78 Å². The number of hydrogen-bond acceptors (Lipinski definition) is 8. The van der Waals surface area contributed by atoms with Gasteiger partial charge < -0.3 is 26.2 Å². The molecule has 12 nitrogen and oxygen atoms in total. The van der Waals surface area contributed by atoms with Gasteiger partial charge in [0.05, 0.1) is 29.9 Å². The molecule has 1 aromatic heterocycles. The predicted octanol–water partition coefficient (Wildman–Crippen LogP) is 4.45. The molecule has 4 aromatic carbocycles. The second-order valence-electron chi connectivity index (χ2n) is 12.2. The molecule has 0 unspecified atom stereocenters. The average Bonchev–Trinajstić information content (AvgIpc) is 3.67. The normalized spacial score (nSPS) is 17.6. The summed E-state index contributed by atoms with van der Waals surface area (Å²) in [5.41, 5.74) is 9.58. The number of carbonyl (C=O) groups excluding carboxylic acids is 4. The van der Waals surface area contributed by atoms with Crippen LogP contribution in [-0.4, -0.2) is 87.4 Å². The van der Waals surface area contributed by atoms with Gasteiger partial charge >= 0.3 is 6.03 Å². The molecule has 0 bridgehead atoms. The van der Waals surface area contributed by atoms with Crippen molar-refractivity contribution in [2.24, 2.45) is 0 Å². The van der Waals surface area contributed by atoms with Crippen LogP contribution in [0.3, 0.4) is 0 Å². The Morgan fingerprint density at radius 1 is 1.04 bits per heavy atom. The van der Waals surface area contributed by atoms with Crippen molar-refractivity contribution in [1.82, 2.24) is 30.1 Å². The number of thiazole rings is 1. The number of benzene rings is 4. The number of urea groups is 1. The third kappa shape index (κ3) is 6.12. The quantitative estimate of drug-likeness (QED) is 0.194. The van der Waals surface area contributed by atoms with E-state index in [1.165, 1.54) is 23.4 Å². The van der Waals surface area contributed by atoms with E-state index in [1.807, 2.05) is 66.7 Å². The van der Waals surface area contributed by atoms with Gasteiger partial charge in [0, 0.05) is 31.3 Å². The van der Waals surface area contributed by atoms with E-state index in [1.54, 1.807) is 39.1 Å². The second kappa shape index (κ2) is 13.6. The third-order valence-corrected chi connectivity index (χ3v) is 10.0. The fourth-order valence-electron chi connectivity index (χ4n) is 6.87. The zero-order valence-corrected chi connectivity index (χ0v) is 28.2. The lowest BCUT2D eigenvalue weighted by atomic mass is 9.99. The minimum absolute atomic E-state index is 0.0686. The standard InChI is InChI=1S/C37H36N8O4S/c1-3-18-43(37(49)39-2)44-22-32(46)45-29(35(48)42(21-31(44)45)20-25-10-7-13-30-33(25)41-36(38)50-30)19-23-14-16-26(17-15-23)40-34(47)28-12-6-9-24-8-4-5-11-27(24)28/h3-17,29,31H,1,18-22H2,2H3,(H2,38,41)(H,39,49)(H,40,47)/t29-,31+/m0/s1. The Kier molecular flexibility index (Phi) is 8.91. The van der Waals surface area contributed by atoms with Crippen LogP contribution in [0.15, 0.2) is 97.6 Å². The van der Waals surface area contributed by atoms with Crippen molar-refractivity contribution in [2.75, 3.05) is 37.7 Å². The van der Waals surface area contributed by atoms with Crippen LogP contribution in [0, 0.1) is 0 Å². The number of nitrogen functional groups attached to an aromatic ring is 1. The highest BCUT2D eigenvalue weighted by Crippen LogP contribution is 2.32. The van der Waals surface area contributed by atoms with Crippen LogP contribution in [0.2, 0.25) is 0 Å². The van der Waals surface area contributed by atoms with Crippen molar-refractivity contribution in [3.05, 3.63) is 114 Å². The van der Waals surface area contributed by atoms with Gasteiger partial charge in [0.25, 0.3) is 5.91 Å². The monoisotopic (exact) mass is 688 g/mol. The number of nitrogens with zero attached hydrogens (tertiary/aromatic N) is 5. The van der Waals surface area contributed by atoms with Gasteiger partial charge in [-0.3, -0.25) is 19.4 Å². The number of amides is 5. The molecule has 0 radical (unpaired) electrons. The van der Waals surface area contributed by atoms with Crippen LogP contribution in [0.25, 0.3) is 21.0 Å². The summed E-state index contributed by atoms with van der Waals surface area (Å²) in [6, 6.07) is 25.2. The van der Waals surface area contributed by atoms with E-state index >= 15 is 0 Å². The summed E-state index contributed by atoms with van der Waals surface area (Å²) in [6.07, 6.45) is 1.24. The Morgan fingerprint density at radius 2 is 1.80 bits per heavy atom. The Balaban J connectivity index is 1.16. The topological polar surface area (TPSA) is 144 Å². The van der Waals surface area contributed by atoms with Crippen molar-refractivity contribution in [3.63, 3.8) is 0 Å². The summed E-state index contributed by atoms with van der Waals surface area (Å²) in [6.45, 7) is 4.34. The maximum atomic E-state index is 14.3. The molecular formula is C37H36N8O4S. The van der Waals surface area contributed by atoms with Crippen LogP contribution in [0.1, 0.15) is 21.5 Å². The van der Waals surface area contributed by atoms with Crippen LogP contribution in [0.4, 0.5) is 15.6 Å². The molecule has 7 rings (SSSR count). The molecule has 4 N–H and O–H groups in total. The fraction of sp³-hybridized carbons (Fsp3) is 0.216. The third-order valence-electron chi connectivity index (χ3n) is 9.18. The number of aromatic nitrogens is 1. The number of carbonyl (C=O) groups is 4. The first-order valence-electron chi connectivity index (χ1n) is 16.2. The summed E-state index contributed by atoms with van der Waals surface area (Å²) < 4.78 is 0.921. The van der Waals surface area contributed by atoms with Gasteiger partial charge in [-0.05, 0) is 46.2 Å². The SMILES string of the molecule is C=CCN(C(=O)NC)N1CC(=O)N2[C@@H](Cc3ccc(NC(=O)c4cccc5ccccc45)cc3)C(=O)N(Cc3cccc4sc(N)nc34)C[C@@H]21. The largest absolute Gasteiger partial charge is 0.375 e. The van der Waals surface area contributed by atoms with Crippen LogP contribution >= 0.6 is 11.3 Å². The molecule has 3 heterocycles. The van der Waals surface area contributed by atoms with Gasteiger partial charge in [0.2, 0.25) is 11.8 Å². The van der Waals surface area contributed by atoms with Crippen molar-refractivity contribution < 1.29 is 19.2 Å². The number of piperazine rings is 1. The number of hydrogen-bond donors (Lipinski definition) is 3. The maximum Gasteiger partial charge on any atom is 0.332 e.